The van der Waals surface area contributed by atoms with Crippen molar-refractivity contribution in [3.05, 3.63) is 65.2 Å². The van der Waals surface area contributed by atoms with E-state index < -0.39 is 0 Å². The number of aryl methyl sites for hydroxylation is 1. The number of piperidine rings is 1. The molecule has 3 N–H and O–H groups in total. The Morgan fingerprint density at radius 1 is 1.04 bits per heavy atom. The molecule has 2 unspecified atom stereocenters. The van der Waals surface area contributed by atoms with Gasteiger partial charge in [0.15, 0.2) is 0 Å². The first-order valence-corrected chi connectivity index (χ1v) is 9.04. The summed E-state index contributed by atoms with van der Waals surface area (Å²) in [6, 6.07) is 15.0. The highest BCUT2D eigenvalue weighted by atomic mass is 16.2. The van der Waals surface area contributed by atoms with Crippen molar-refractivity contribution in [3.63, 3.8) is 0 Å². The van der Waals surface area contributed by atoms with Crippen LogP contribution in [0.2, 0.25) is 0 Å². The van der Waals surface area contributed by atoms with Gasteiger partial charge in [-0.15, -0.1) is 0 Å². The molecule has 1 aliphatic rings. The molecule has 0 saturated carbocycles. The second-order valence-electron chi connectivity index (χ2n) is 6.90. The maximum absolute atomic E-state index is 12.6. The molecule has 1 fully saturated rings. The number of hydrogen-bond acceptors (Lipinski definition) is 3. The Hall–Kier alpha value is -2.66. The third-order valence-electron chi connectivity index (χ3n) is 4.74. The minimum atomic E-state index is -0.182. The lowest BCUT2D eigenvalue weighted by atomic mass is 10.00. The van der Waals surface area contributed by atoms with Gasteiger partial charge in [0.25, 0.3) is 11.8 Å². The normalized spacial score (nSPS) is 19.6. The van der Waals surface area contributed by atoms with Crippen LogP contribution >= 0.6 is 0 Å². The monoisotopic (exact) mass is 351 g/mol. The summed E-state index contributed by atoms with van der Waals surface area (Å²) in [5.41, 5.74) is 2.72. The molecule has 2 atom stereocenters. The van der Waals surface area contributed by atoms with Gasteiger partial charge in [-0.25, -0.2) is 0 Å². The van der Waals surface area contributed by atoms with Crippen molar-refractivity contribution in [1.82, 2.24) is 10.6 Å². The molecule has 0 spiro atoms. The van der Waals surface area contributed by atoms with Crippen LogP contribution in [0.15, 0.2) is 48.5 Å². The first-order valence-electron chi connectivity index (χ1n) is 9.04. The van der Waals surface area contributed by atoms with Crippen molar-refractivity contribution >= 4 is 17.5 Å². The summed E-state index contributed by atoms with van der Waals surface area (Å²) in [6.07, 6.45) is 1.86. The summed E-state index contributed by atoms with van der Waals surface area (Å²) >= 11 is 0. The number of amides is 2. The van der Waals surface area contributed by atoms with Gasteiger partial charge in [-0.3, -0.25) is 9.59 Å². The molecule has 2 aromatic rings. The average molecular weight is 351 g/mol. The Balaban J connectivity index is 1.70. The molecular weight excluding hydrogens is 326 g/mol. The van der Waals surface area contributed by atoms with Crippen LogP contribution in [0, 0.1) is 6.92 Å². The maximum atomic E-state index is 12.6. The molecule has 2 aromatic carbocycles. The van der Waals surface area contributed by atoms with Crippen molar-refractivity contribution in [2.75, 3.05) is 11.9 Å². The molecule has 0 aliphatic carbocycles. The lowest BCUT2D eigenvalue weighted by molar-refractivity contribution is 0.0924. The second kappa shape index (κ2) is 8.15. The Morgan fingerprint density at radius 3 is 2.54 bits per heavy atom. The van der Waals surface area contributed by atoms with Gasteiger partial charge in [0.05, 0.1) is 0 Å². The lowest BCUT2D eigenvalue weighted by Gasteiger charge is -2.28. The molecule has 1 heterocycles. The highest BCUT2D eigenvalue weighted by molar-refractivity contribution is 6.05. The zero-order valence-electron chi connectivity index (χ0n) is 15.2. The van der Waals surface area contributed by atoms with Gasteiger partial charge in [-0.2, -0.15) is 0 Å². The molecule has 1 saturated heterocycles. The minimum absolute atomic E-state index is 0.0979. The predicted octanol–water partition coefficient (Wildman–Crippen LogP) is 3.12. The first-order chi connectivity index (χ1) is 12.5. The van der Waals surface area contributed by atoms with E-state index >= 15 is 0 Å². The third kappa shape index (κ3) is 4.49. The quantitative estimate of drug-likeness (QED) is 0.793. The SMILES string of the molecule is Cc1ccc(C(=O)NC2CCNC(C)C2)cc1NC(=O)c1ccccc1. The van der Waals surface area contributed by atoms with Crippen LogP contribution in [0.1, 0.15) is 46.0 Å². The lowest BCUT2D eigenvalue weighted by Crippen LogP contribution is -2.46. The molecule has 5 nitrogen and oxygen atoms in total. The summed E-state index contributed by atoms with van der Waals surface area (Å²) in [4.78, 5) is 25.0. The van der Waals surface area contributed by atoms with Gasteiger partial charge >= 0.3 is 0 Å². The van der Waals surface area contributed by atoms with Gasteiger partial charge in [-0.1, -0.05) is 24.3 Å². The molecule has 1 aliphatic heterocycles. The highest BCUT2D eigenvalue weighted by Gasteiger charge is 2.21. The smallest absolute Gasteiger partial charge is 0.255 e. The predicted molar refractivity (Wildman–Crippen MR) is 104 cm³/mol. The number of benzene rings is 2. The van der Waals surface area contributed by atoms with Crippen LogP contribution in [0.4, 0.5) is 5.69 Å². The first kappa shape index (κ1) is 18.1. The number of hydrogen-bond donors (Lipinski definition) is 3. The number of rotatable bonds is 4. The Labute approximate surface area is 154 Å². The molecule has 5 heteroatoms. The average Bonchev–Trinajstić information content (AvgIpc) is 2.64. The molecular formula is C21H25N3O2. The molecule has 2 amide bonds. The Bertz CT molecular complexity index is 789. The van der Waals surface area contributed by atoms with Crippen LogP contribution in [0.5, 0.6) is 0 Å². The summed E-state index contributed by atoms with van der Waals surface area (Å²) in [5, 5.41) is 9.39. The third-order valence-corrected chi connectivity index (χ3v) is 4.74. The van der Waals surface area contributed by atoms with Crippen molar-refractivity contribution < 1.29 is 9.59 Å². The Kier molecular flexibility index (Phi) is 5.68. The van der Waals surface area contributed by atoms with Gasteiger partial charge in [0.1, 0.15) is 0 Å². The van der Waals surface area contributed by atoms with Gasteiger partial charge in [0, 0.05) is 28.9 Å². The number of carbonyl (C=O) groups excluding carboxylic acids is 2. The summed E-state index contributed by atoms with van der Waals surface area (Å²) < 4.78 is 0. The van der Waals surface area contributed by atoms with Crippen LogP contribution in [-0.4, -0.2) is 30.4 Å². The van der Waals surface area contributed by atoms with E-state index in [9.17, 15) is 9.59 Å². The van der Waals surface area contributed by atoms with E-state index in [-0.39, 0.29) is 17.9 Å². The summed E-state index contributed by atoms with van der Waals surface area (Å²) in [7, 11) is 0. The molecule has 0 radical (unpaired) electrons. The maximum Gasteiger partial charge on any atom is 0.255 e. The van der Waals surface area contributed by atoms with E-state index in [0.717, 1.165) is 24.9 Å². The van der Waals surface area contributed by atoms with Crippen molar-refractivity contribution in [2.45, 2.75) is 38.8 Å². The molecule has 26 heavy (non-hydrogen) atoms. The van der Waals surface area contributed by atoms with Crippen molar-refractivity contribution in [1.29, 1.82) is 0 Å². The van der Waals surface area contributed by atoms with E-state index in [1.54, 1.807) is 24.3 Å². The minimum Gasteiger partial charge on any atom is -0.349 e. The number of carbonyl (C=O) groups is 2. The molecule has 3 rings (SSSR count). The molecule has 136 valence electrons. The van der Waals surface area contributed by atoms with Gasteiger partial charge < -0.3 is 16.0 Å². The van der Waals surface area contributed by atoms with Gasteiger partial charge in [0.2, 0.25) is 0 Å². The van der Waals surface area contributed by atoms with E-state index in [4.69, 9.17) is 0 Å². The van der Waals surface area contributed by atoms with E-state index in [2.05, 4.69) is 22.9 Å². The van der Waals surface area contributed by atoms with Crippen LogP contribution in [0.3, 0.4) is 0 Å². The van der Waals surface area contributed by atoms with Crippen molar-refractivity contribution in [2.24, 2.45) is 0 Å². The van der Waals surface area contributed by atoms with Crippen molar-refractivity contribution in [3.8, 4) is 0 Å². The highest BCUT2D eigenvalue weighted by Crippen LogP contribution is 2.19. The van der Waals surface area contributed by atoms with E-state index in [1.165, 1.54) is 0 Å². The zero-order chi connectivity index (χ0) is 18.5. The second-order valence-corrected chi connectivity index (χ2v) is 6.90. The standard InChI is InChI=1S/C21H25N3O2/c1-14-8-9-17(21(26)23-18-10-11-22-15(2)12-18)13-19(14)24-20(25)16-6-4-3-5-7-16/h3-9,13,15,18,22H,10-12H2,1-2H3,(H,23,26)(H,24,25). The van der Waals surface area contributed by atoms with Gasteiger partial charge in [-0.05, 0) is 63.1 Å². The molecule has 0 aromatic heterocycles. The topological polar surface area (TPSA) is 70.2 Å². The zero-order valence-corrected chi connectivity index (χ0v) is 15.2. The summed E-state index contributed by atoms with van der Waals surface area (Å²) in [5.74, 6) is -0.280. The Morgan fingerprint density at radius 2 is 1.81 bits per heavy atom. The van der Waals surface area contributed by atoms with Crippen LogP contribution in [0.25, 0.3) is 0 Å². The fourth-order valence-corrected chi connectivity index (χ4v) is 3.21. The van der Waals surface area contributed by atoms with E-state index in [1.807, 2.05) is 31.2 Å². The van der Waals surface area contributed by atoms with Crippen LogP contribution in [-0.2, 0) is 0 Å². The largest absolute Gasteiger partial charge is 0.349 e. The number of nitrogens with one attached hydrogen (secondary N) is 3. The molecule has 0 bridgehead atoms. The van der Waals surface area contributed by atoms with Crippen LogP contribution < -0.4 is 16.0 Å². The van der Waals surface area contributed by atoms with E-state index in [0.29, 0.717) is 22.9 Å². The fourth-order valence-electron chi connectivity index (χ4n) is 3.21. The number of anilines is 1. The fraction of sp³-hybridized carbons (Fsp3) is 0.333. The summed E-state index contributed by atoms with van der Waals surface area (Å²) in [6.45, 7) is 4.95.